The standard InChI is InChI=1S/C26H30N2O3S/c1-20-12-14-25(15-13-20)32(30,31)28(24-11-5-8-22(3)18-24)19-26(29)27-16-6-10-23-9-4-7-21(2)17-23/h4-5,7-9,11-15,17-18H,6,10,16,19H2,1-3H3,(H,27,29). The van der Waals surface area contributed by atoms with E-state index in [0.29, 0.717) is 12.2 Å². The van der Waals surface area contributed by atoms with Crippen LogP contribution in [0.4, 0.5) is 5.69 Å². The molecule has 0 saturated heterocycles. The Hall–Kier alpha value is -3.12. The molecule has 0 spiro atoms. The van der Waals surface area contributed by atoms with Crippen molar-refractivity contribution in [1.82, 2.24) is 5.32 Å². The van der Waals surface area contributed by atoms with Crippen molar-refractivity contribution in [2.45, 2.75) is 38.5 Å². The van der Waals surface area contributed by atoms with Crippen LogP contribution < -0.4 is 9.62 Å². The van der Waals surface area contributed by atoms with Crippen LogP contribution in [0.2, 0.25) is 0 Å². The first kappa shape index (κ1) is 23.5. The molecule has 0 aromatic heterocycles. The summed E-state index contributed by atoms with van der Waals surface area (Å²) in [5, 5.41) is 2.87. The summed E-state index contributed by atoms with van der Waals surface area (Å²) in [5.74, 6) is -0.327. The number of amides is 1. The van der Waals surface area contributed by atoms with Gasteiger partial charge in [-0.2, -0.15) is 0 Å². The van der Waals surface area contributed by atoms with Crippen LogP contribution in [0.15, 0.2) is 77.7 Å². The topological polar surface area (TPSA) is 66.5 Å². The van der Waals surface area contributed by atoms with E-state index in [4.69, 9.17) is 0 Å². The van der Waals surface area contributed by atoms with E-state index in [2.05, 4.69) is 30.4 Å². The minimum atomic E-state index is -3.89. The van der Waals surface area contributed by atoms with Crippen molar-refractivity contribution in [3.05, 3.63) is 95.1 Å². The van der Waals surface area contributed by atoms with Gasteiger partial charge < -0.3 is 5.32 Å². The third-order valence-corrected chi connectivity index (χ3v) is 7.02. The number of hydrogen-bond acceptors (Lipinski definition) is 3. The molecule has 0 fully saturated rings. The Kier molecular flexibility index (Phi) is 7.70. The van der Waals surface area contributed by atoms with Crippen LogP contribution in [0, 0.1) is 20.8 Å². The lowest BCUT2D eigenvalue weighted by Crippen LogP contribution is -2.41. The molecular weight excluding hydrogens is 420 g/mol. The number of anilines is 1. The van der Waals surface area contributed by atoms with Gasteiger partial charge in [-0.05, 0) is 69.0 Å². The first-order chi connectivity index (χ1) is 15.3. The molecule has 0 heterocycles. The highest BCUT2D eigenvalue weighted by Crippen LogP contribution is 2.24. The molecular formula is C26H30N2O3S. The first-order valence-electron chi connectivity index (χ1n) is 10.7. The number of sulfonamides is 1. The van der Waals surface area contributed by atoms with Gasteiger partial charge in [0.05, 0.1) is 10.6 Å². The second-order valence-corrected chi connectivity index (χ2v) is 9.97. The molecule has 3 aromatic rings. The van der Waals surface area contributed by atoms with Gasteiger partial charge in [0, 0.05) is 6.54 Å². The van der Waals surface area contributed by atoms with Crippen molar-refractivity contribution < 1.29 is 13.2 Å². The summed E-state index contributed by atoms with van der Waals surface area (Å²) < 4.78 is 27.9. The number of aryl methyl sites for hydroxylation is 4. The molecule has 5 nitrogen and oxygen atoms in total. The van der Waals surface area contributed by atoms with Crippen molar-refractivity contribution in [2.24, 2.45) is 0 Å². The molecule has 32 heavy (non-hydrogen) atoms. The maximum atomic E-state index is 13.4. The lowest BCUT2D eigenvalue weighted by Gasteiger charge is -2.24. The van der Waals surface area contributed by atoms with Crippen molar-refractivity contribution in [3.63, 3.8) is 0 Å². The predicted octanol–water partition coefficient (Wildman–Crippen LogP) is 4.56. The Bertz CT molecular complexity index is 1170. The highest BCUT2D eigenvalue weighted by atomic mass is 32.2. The highest BCUT2D eigenvalue weighted by Gasteiger charge is 2.27. The van der Waals surface area contributed by atoms with Gasteiger partial charge >= 0.3 is 0 Å². The Balaban J connectivity index is 1.71. The summed E-state index contributed by atoms with van der Waals surface area (Å²) in [4.78, 5) is 12.9. The van der Waals surface area contributed by atoms with E-state index in [1.165, 1.54) is 15.4 Å². The van der Waals surface area contributed by atoms with Crippen molar-refractivity contribution in [1.29, 1.82) is 0 Å². The first-order valence-corrected chi connectivity index (χ1v) is 12.2. The SMILES string of the molecule is Cc1ccc(S(=O)(=O)N(CC(=O)NCCCc2cccc(C)c2)c2cccc(C)c2)cc1. The average Bonchev–Trinajstić information content (AvgIpc) is 2.75. The fourth-order valence-electron chi connectivity index (χ4n) is 3.51. The zero-order chi connectivity index (χ0) is 23.1. The summed E-state index contributed by atoms with van der Waals surface area (Å²) in [6, 6.07) is 22.1. The van der Waals surface area contributed by atoms with Crippen molar-refractivity contribution >= 4 is 21.6 Å². The van der Waals surface area contributed by atoms with Gasteiger partial charge in [0.1, 0.15) is 6.54 Å². The van der Waals surface area contributed by atoms with E-state index >= 15 is 0 Å². The highest BCUT2D eigenvalue weighted by molar-refractivity contribution is 7.92. The van der Waals surface area contributed by atoms with Gasteiger partial charge in [-0.3, -0.25) is 9.10 Å². The summed E-state index contributed by atoms with van der Waals surface area (Å²) in [6.45, 7) is 6.06. The van der Waals surface area contributed by atoms with Crippen LogP contribution >= 0.6 is 0 Å². The fraction of sp³-hybridized carbons (Fsp3) is 0.269. The molecule has 1 amide bonds. The number of nitrogens with zero attached hydrogens (tertiary/aromatic N) is 1. The summed E-state index contributed by atoms with van der Waals surface area (Å²) in [7, 11) is -3.89. The molecule has 6 heteroatoms. The second kappa shape index (κ2) is 10.5. The lowest BCUT2D eigenvalue weighted by atomic mass is 10.1. The molecule has 1 N–H and O–H groups in total. The smallest absolute Gasteiger partial charge is 0.264 e. The van der Waals surface area contributed by atoms with E-state index in [1.807, 2.05) is 26.0 Å². The van der Waals surface area contributed by atoms with Crippen LogP contribution in [0.1, 0.15) is 28.7 Å². The molecule has 0 unspecified atom stereocenters. The molecule has 0 aliphatic carbocycles. The van der Waals surface area contributed by atoms with Gasteiger partial charge in [0.2, 0.25) is 5.91 Å². The monoisotopic (exact) mass is 450 g/mol. The third kappa shape index (κ3) is 6.20. The van der Waals surface area contributed by atoms with Gasteiger partial charge in [-0.1, -0.05) is 59.7 Å². The van der Waals surface area contributed by atoms with Crippen LogP contribution in [0.25, 0.3) is 0 Å². The quantitative estimate of drug-likeness (QED) is 0.486. The largest absolute Gasteiger partial charge is 0.355 e. The van der Waals surface area contributed by atoms with E-state index in [9.17, 15) is 13.2 Å². The average molecular weight is 451 g/mol. The van der Waals surface area contributed by atoms with Crippen LogP contribution in [0.3, 0.4) is 0 Å². The Morgan fingerprint density at radius 1 is 0.844 bits per heavy atom. The Morgan fingerprint density at radius 3 is 2.16 bits per heavy atom. The van der Waals surface area contributed by atoms with Gasteiger partial charge in [0.15, 0.2) is 0 Å². The number of nitrogens with one attached hydrogen (secondary N) is 1. The van der Waals surface area contributed by atoms with E-state index in [1.54, 1.807) is 42.5 Å². The molecule has 0 saturated carbocycles. The Morgan fingerprint density at radius 2 is 1.50 bits per heavy atom. The van der Waals surface area contributed by atoms with Gasteiger partial charge in [-0.15, -0.1) is 0 Å². The normalized spacial score (nSPS) is 11.2. The summed E-state index contributed by atoms with van der Waals surface area (Å²) in [6.07, 6.45) is 1.63. The summed E-state index contributed by atoms with van der Waals surface area (Å²) in [5.41, 5.74) is 4.80. The number of benzene rings is 3. The zero-order valence-corrected chi connectivity index (χ0v) is 19.7. The predicted molar refractivity (Wildman–Crippen MR) is 129 cm³/mol. The number of hydrogen-bond donors (Lipinski definition) is 1. The van der Waals surface area contributed by atoms with E-state index < -0.39 is 10.0 Å². The number of carbonyl (C=O) groups excluding carboxylic acids is 1. The maximum Gasteiger partial charge on any atom is 0.264 e. The van der Waals surface area contributed by atoms with Gasteiger partial charge in [-0.25, -0.2) is 8.42 Å². The molecule has 3 aromatic carbocycles. The van der Waals surface area contributed by atoms with E-state index in [-0.39, 0.29) is 17.3 Å². The van der Waals surface area contributed by atoms with E-state index in [0.717, 1.165) is 24.0 Å². The van der Waals surface area contributed by atoms with Crippen LogP contribution in [-0.2, 0) is 21.2 Å². The minimum Gasteiger partial charge on any atom is -0.355 e. The molecule has 0 aliphatic rings. The summed E-state index contributed by atoms with van der Waals surface area (Å²) >= 11 is 0. The lowest BCUT2D eigenvalue weighted by molar-refractivity contribution is -0.119. The van der Waals surface area contributed by atoms with Crippen LogP contribution in [-0.4, -0.2) is 27.4 Å². The third-order valence-electron chi connectivity index (χ3n) is 5.23. The molecule has 3 rings (SSSR count). The molecule has 0 radical (unpaired) electrons. The fourth-order valence-corrected chi connectivity index (χ4v) is 4.92. The number of rotatable bonds is 9. The Labute approximate surface area is 191 Å². The second-order valence-electron chi connectivity index (χ2n) is 8.11. The molecule has 0 aliphatic heterocycles. The molecule has 0 bridgehead atoms. The number of carbonyl (C=O) groups is 1. The maximum absolute atomic E-state index is 13.4. The van der Waals surface area contributed by atoms with Gasteiger partial charge in [0.25, 0.3) is 10.0 Å². The van der Waals surface area contributed by atoms with Crippen molar-refractivity contribution in [3.8, 4) is 0 Å². The molecule has 168 valence electrons. The van der Waals surface area contributed by atoms with Crippen molar-refractivity contribution in [2.75, 3.05) is 17.4 Å². The van der Waals surface area contributed by atoms with Crippen LogP contribution in [0.5, 0.6) is 0 Å². The molecule has 0 atom stereocenters. The zero-order valence-electron chi connectivity index (χ0n) is 18.8. The minimum absolute atomic E-state index is 0.164.